The lowest BCUT2D eigenvalue weighted by Gasteiger charge is -2.39. The summed E-state index contributed by atoms with van der Waals surface area (Å²) in [5, 5.41) is 3.08. The second-order valence-corrected chi connectivity index (χ2v) is 8.61. The Balaban J connectivity index is 1.95. The van der Waals surface area contributed by atoms with Gasteiger partial charge in [-0.05, 0) is 61.4 Å². The number of aryl methyl sites for hydroxylation is 1. The Morgan fingerprint density at radius 2 is 1.97 bits per heavy atom. The second kappa shape index (κ2) is 9.33. The molecule has 5 nitrogen and oxygen atoms in total. The van der Waals surface area contributed by atoms with Crippen LogP contribution >= 0.6 is 0 Å². The number of rotatable bonds is 7. The summed E-state index contributed by atoms with van der Waals surface area (Å²) in [6.45, 7) is 7.11. The van der Waals surface area contributed by atoms with Gasteiger partial charge in [-0.2, -0.15) is 0 Å². The van der Waals surface area contributed by atoms with Gasteiger partial charge in [0, 0.05) is 18.7 Å². The number of carbonyl (C=O) groups is 2. The number of carbonyl (C=O) groups excluding carboxylic acids is 2. The topological polar surface area (TPSA) is 58.6 Å². The first-order chi connectivity index (χ1) is 14.3. The number of nitrogens with one attached hydrogen (secondary N) is 1. The molecule has 160 valence electrons. The van der Waals surface area contributed by atoms with E-state index in [9.17, 15) is 9.59 Å². The average molecular weight is 409 g/mol. The summed E-state index contributed by atoms with van der Waals surface area (Å²) in [4.78, 5) is 28.7. The second-order valence-electron chi connectivity index (χ2n) is 8.61. The lowest BCUT2D eigenvalue weighted by atomic mass is 9.91. The monoisotopic (exact) mass is 408 g/mol. The lowest BCUT2D eigenvalue weighted by Crippen LogP contribution is -2.58. The first kappa shape index (κ1) is 21.9. The van der Waals surface area contributed by atoms with Crippen molar-refractivity contribution in [3.05, 3.63) is 65.2 Å². The Kier molecular flexibility index (Phi) is 6.80. The minimum absolute atomic E-state index is 0.0906. The van der Waals surface area contributed by atoms with Crippen molar-refractivity contribution in [1.29, 1.82) is 0 Å². The van der Waals surface area contributed by atoms with Gasteiger partial charge in [-0.1, -0.05) is 44.2 Å². The van der Waals surface area contributed by atoms with E-state index in [0.717, 1.165) is 23.3 Å². The van der Waals surface area contributed by atoms with Gasteiger partial charge in [-0.15, -0.1) is 0 Å². The van der Waals surface area contributed by atoms with Crippen molar-refractivity contribution < 1.29 is 14.3 Å². The van der Waals surface area contributed by atoms with Crippen molar-refractivity contribution >= 4 is 11.8 Å². The van der Waals surface area contributed by atoms with E-state index in [2.05, 4.69) is 19.2 Å². The Bertz CT molecular complexity index is 909. The zero-order chi connectivity index (χ0) is 21.7. The first-order valence-electron chi connectivity index (χ1n) is 10.7. The molecule has 0 spiro atoms. The minimum Gasteiger partial charge on any atom is -0.497 e. The zero-order valence-corrected chi connectivity index (χ0v) is 18.4. The van der Waals surface area contributed by atoms with Gasteiger partial charge in [0.05, 0.1) is 7.11 Å². The van der Waals surface area contributed by atoms with Gasteiger partial charge in [0.15, 0.2) is 0 Å². The number of methoxy groups -OCH3 is 1. The van der Waals surface area contributed by atoms with E-state index in [4.69, 9.17) is 4.74 Å². The fourth-order valence-electron chi connectivity index (χ4n) is 3.93. The molecule has 0 aliphatic carbocycles. The van der Waals surface area contributed by atoms with Crippen LogP contribution in [0.15, 0.2) is 48.5 Å². The van der Waals surface area contributed by atoms with E-state index in [1.165, 1.54) is 0 Å². The number of hydrogen-bond donors (Lipinski definition) is 1. The fraction of sp³-hybridized carbons (Fsp3) is 0.440. The standard InChI is InChI=1S/C25H32N2O3/c1-18(2)13-15-26-24(29)25(3)14-12-20-9-5-6-11-22(20)23(28)27(25)17-19-8-7-10-21(16-19)30-4/h5-11,16,18H,12-15,17H2,1-4H3,(H,26,29). The molecule has 0 radical (unpaired) electrons. The quantitative estimate of drug-likeness (QED) is 0.747. The van der Waals surface area contributed by atoms with Gasteiger partial charge in [0.2, 0.25) is 5.91 Å². The van der Waals surface area contributed by atoms with Crippen LogP contribution in [0.4, 0.5) is 0 Å². The highest BCUT2D eigenvalue weighted by Gasteiger charge is 2.44. The van der Waals surface area contributed by atoms with Crippen LogP contribution in [-0.2, 0) is 17.8 Å². The van der Waals surface area contributed by atoms with Gasteiger partial charge in [0.1, 0.15) is 11.3 Å². The van der Waals surface area contributed by atoms with E-state index >= 15 is 0 Å². The molecule has 1 heterocycles. The van der Waals surface area contributed by atoms with Crippen molar-refractivity contribution in [3.8, 4) is 5.75 Å². The molecule has 2 aromatic rings. The molecule has 0 aromatic heterocycles. The molecule has 2 aromatic carbocycles. The highest BCUT2D eigenvalue weighted by atomic mass is 16.5. The molecule has 3 rings (SSSR count). The number of hydrogen-bond acceptors (Lipinski definition) is 3. The Morgan fingerprint density at radius 1 is 1.20 bits per heavy atom. The highest BCUT2D eigenvalue weighted by molar-refractivity contribution is 6.00. The van der Waals surface area contributed by atoms with Crippen LogP contribution in [0.2, 0.25) is 0 Å². The van der Waals surface area contributed by atoms with Crippen LogP contribution in [0, 0.1) is 5.92 Å². The number of amides is 2. The predicted molar refractivity (Wildman–Crippen MR) is 119 cm³/mol. The lowest BCUT2D eigenvalue weighted by molar-refractivity contribution is -0.132. The molecular weight excluding hydrogens is 376 g/mol. The smallest absolute Gasteiger partial charge is 0.255 e. The van der Waals surface area contributed by atoms with Crippen LogP contribution in [0.5, 0.6) is 5.75 Å². The molecular formula is C25H32N2O3. The summed E-state index contributed by atoms with van der Waals surface area (Å²) in [6, 6.07) is 15.3. The molecule has 1 unspecified atom stereocenters. The molecule has 1 atom stereocenters. The fourth-order valence-corrected chi connectivity index (χ4v) is 3.93. The van der Waals surface area contributed by atoms with E-state index in [1.54, 1.807) is 12.0 Å². The summed E-state index contributed by atoms with van der Waals surface area (Å²) in [5.74, 6) is 1.05. The predicted octanol–water partition coefficient (Wildman–Crippen LogP) is 4.20. The van der Waals surface area contributed by atoms with Crippen molar-refractivity contribution in [2.75, 3.05) is 13.7 Å². The Morgan fingerprint density at radius 3 is 2.70 bits per heavy atom. The summed E-state index contributed by atoms with van der Waals surface area (Å²) >= 11 is 0. The summed E-state index contributed by atoms with van der Waals surface area (Å²) in [6.07, 6.45) is 2.17. The van der Waals surface area contributed by atoms with Crippen molar-refractivity contribution in [2.24, 2.45) is 5.92 Å². The zero-order valence-electron chi connectivity index (χ0n) is 18.4. The molecule has 5 heteroatoms. The summed E-state index contributed by atoms with van der Waals surface area (Å²) < 4.78 is 5.34. The van der Waals surface area contributed by atoms with E-state index < -0.39 is 5.54 Å². The summed E-state index contributed by atoms with van der Waals surface area (Å²) in [5.41, 5.74) is 1.68. The molecule has 2 amide bonds. The molecule has 1 aliphatic heterocycles. The Labute approximate surface area is 179 Å². The number of fused-ring (bicyclic) bond motifs is 1. The van der Waals surface area contributed by atoms with Crippen LogP contribution in [0.3, 0.4) is 0 Å². The van der Waals surface area contributed by atoms with Crippen LogP contribution in [-0.4, -0.2) is 35.9 Å². The first-order valence-corrected chi connectivity index (χ1v) is 10.7. The molecule has 0 fully saturated rings. The van der Waals surface area contributed by atoms with Crippen LogP contribution < -0.4 is 10.1 Å². The number of benzene rings is 2. The maximum absolute atomic E-state index is 13.6. The molecule has 0 bridgehead atoms. The van der Waals surface area contributed by atoms with Gasteiger partial charge < -0.3 is 15.0 Å². The van der Waals surface area contributed by atoms with Gasteiger partial charge >= 0.3 is 0 Å². The van der Waals surface area contributed by atoms with Crippen molar-refractivity contribution in [3.63, 3.8) is 0 Å². The van der Waals surface area contributed by atoms with E-state index in [1.807, 2.05) is 55.5 Å². The summed E-state index contributed by atoms with van der Waals surface area (Å²) in [7, 11) is 1.62. The third kappa shape index (κ3) is 4.66. The normalized spacial score (nSPS) is 18.7. The van der Waals surface area contributed by atoms with Gasteiger partial charge in [-0.25, -0.2) is 0 Å². The molecule has 1 aliphatic rings. The molecule has 0 saturated heterocycles. The van der Waals surface area contributed by atoms with Gasteiger partial charge in [-0.3, -0.25) is 9.59 Å². The molecule has 30 heavy (non-hydrogen) atoms. The maximum Gasteiger partial charge on any atom is 0.255 e. The Hall–Kier alpha value is -2.82. The number of ether oxygens (including phenoxy) is 1. The largest absolute Gasteiger partial charge is 0.497 e. The van der Waals surface area contributed by atoms with Crippen LogP contribution in [0.25, 0.3) is 0 Å². The average Bonchev–Trinajstić information content (AvgIpc) is 2.85. The third-order valence-electron chi connectivity index (χ3n) is 5.94. The number of nitrogens with zero attached hydrogens (tertiary/aromatic N) is 1. The van der Waals surface area contributed by atoms with Crippen molar-refractivity contribution in [2.45, 2.75) is 52.1 Å². The molecule has 1 N–H and O–H groups in total. The molecule has 0 saturated carbocycles. The minimum atomic E-state index is -0.934. The van der Waals surface area contributed by atoms with Crippen LogP contribution in [0.1, 0.15) is 55.1 Å². The van der Waals surface area contributed by atoms with E-state index in [0.29, 0.717) is 37.4 Å². The highest BCUT2D eigenvalue weighted by Crippen LogP contribution is 2.32. The van der Waals surface area contributed by atoms with Gasteiger partial charge in [0.25, 0.3) is 5.91 Å². The SMILES string of the molecule is COc1cccc(CN2C(=O)c3ccccc3CCC2(C)C(=O)NCCC(C)C)c1. The van der Waals surface area contributed by atoms with Crippen molar-refractivity contribution in [1.82, 2.24) is 10.2 Å². The maximum atomic E-state index is 13.6. The van der Waals surface area contributed by atoms with E-state index in [-0.39, 0.29) is 11.8 Å². The third-order valence-corrected chi connectivity index (χ3v) is 5.94.